The Morgan fingerprint density at radius 2 is 2.05 bits per heavy atom. The Hall–Kier alpha value is -0.880. The molecule has 0 radical (unpaired) electrons. The summed E-state index contributed by atoms with van der Waals surface area (Å²) in [5.74, 6) is 0.470. The fraction of sp³-hybridized carbons (Fsp3) is 0.786. The Morgan fingerprint density at radius 1 is 1.35 bits per heavy atom. The van der Waals surface area contributed by atoms with E-state index < -0.39 is 9.84 Å². The van der Waals surface area contributed by atoms with E-state index in [-0.39, 0.29) is 11.5 Å². The van der Waals surface area contributed by atoms with Gasteiger partial charge >= 0.3 is 0 Å². The van der Waals surface area contributed by atoms with E-state index in [9.17, 15) is 8.42 Å². The zero-order chi connectivity index (χ0) is 14.8. The van der Waals surface area contributed by atoms with Crippen molar-refractivity contribution in [2.24, 2.45) is 0 Å². The second-order valence-electron chi connectivity index (χ2n) is 5.62. The van der Waals surface area contributed by atoms with E-state index in [4.69, 9.17) is 0 Å². The summed E-state index contributed by atoms with van der Waals surface area (Å²) in [7, 11) is -2.87. The van der Waals surface area contributed by atoms with Gasteiger partial charge in [0.2, 0.25) is 0 Å². The summed E-state index contributed by atoms with van der Waals surface area (Å²) < 4.78 is 24.9. The number of aromatic nitrogens is 2. The molecule has 1 aliphatic rings. The highest BCUT2D eigenvalue weighted by Crippen LogP contribution is 2.21. The third-order valence-corrected chi connectivity index (χ3v) is 5.73. The lowest BCUT2D eigenvalue weighted by Crippen LogP contribution is -2.16. The van der Waals surface area contributed by atoms with Crippen molar-refractivity contribution in [3.63, 3.8) is 0 Å². The fourth-order valence-corrected chi connectivity index (χ4v) is 3.18. The lowest BCUT2D eigenvalue weighted by molar-refractivity contribution is 0.563. The van der Waals surface area contributed by atoms with Gasteiger partial charge in [-0.1, -0.05) is 6.92 Å². The van der Waals surface area contributed by atoms with Gasteiger partial charge < -0.3 is 5.32 Å². The van der Waals surface area contributed by atoms with Gasteiger partial charge in [0, 0.05) is 36.1 Å². The average molecular weight is 299 g/mol. The predicted molar refractivity (Wildman–Crippen MR) is 80.5 cm³/mol. The van der Waals surface area contributed by atoms with E-state index in [1.165, 1.54) is 18.4 Å². The molecular weight excluding hydrogens is 274 g/mol. The van der Waals surface area contributed by atoms with Gasteiger partial charge in [0.05, 0.1) is 11.4 Å². The summed E-state index contributed by atoms with van der Waals surface area (Å²) in [6.45, 7) is 7.33. The minimum Gasteiger partial charge on any atom is -0.310 e. The molecule has 0 aliphatic heterocycles. The van der Waals surface area contributed by atoms with Crippen LogP contribution in [0.5, 0.6) is 0 Å². The Balaban J connectivity index is 1.92. The molecule has 0 aromatic carbocycles. The van der Waals surface area contributed by atoms with Crippen molar-refractivity contribution in [2.75, 3.05) is 11.5 Å². The predicted octanol–water partition coefficient (Wildman–Crippen LogP) is 1.58. The standard InChI is InChI=1S/C14H25N3O2S/c1-4-20(18,19)9-5-8-17-12(3)14(11(2)16-17)10-15-13-6-7-13/h13,15H,4-10H2,1-3H3. The van der Waals surface area contributed by atoms with Crippen molar-refractivity contribution < 1.29 is 8.42 Å². The molecule has 0 spiro atoms. The first-order valence-corrected chi connectivity index (χ1v) is 9.21. The SMILES string of the molecule is CCS(=O)(=O)CCCn1nc(C)c(CNC2CC2)c1C. The van der Waals surface area contributed by atoms with E-state index in [0.717, 1.165) is 17.9 Å². The van der Waals surface area contributed by atoms with Gasteiger partial charge in [-0.15, -0.1) is 0 Å². The first-order chi connectivity index (χ1) is 9.43. The summed E-state index contributed by atoms with van der Waals surface area (Å²) >= 11 is 0. The highest BCUT2D eigenvalue weighted by atomic mass is 32.2. The van der Waals surface area contributed by atoms with E-state index in [1.807, 2.05) is 11.6 Å². The molecule has 0 amide bonds. The molecule has 114 valence electrons. The highest BCUT2D eigenvalue weighted by Gasteiger charge is 2.21. The molecule has 1 aromatic rings. The third kappa shape index (κ3) is 4.06. The van der Waals surface area contributed by atoms with Crippen LogP contribution in [0.2, 0.25) is 0 Å². The molecule has 1 aliphatic carbocycles. The van der Waals surface area contributed by atoms with Gasteiger partial charge in [-0.25, -0.2) is 8.42 Å². The summed E-state index contributed by atoms with van der Waals surface area (Å²) in [6.07, 6.45) is 3.19. The van der Waals surface area contributed by atoms with Gasteiger partial charge in [0.25, 0.3) is 0 Å². The minimum atomic E-state index is -2.87. The molecule has 0 bridgehead atoms. The molecule has 1 N–H and O–H groups in total. The smallest absolute Gasteiger partial charge is 0.150 e. The maximum absolute atomic E-state index is 11.5. The fourth-order valence-electron chi connectivity index (χ4n) is 2.32. The van der Waals surface area contributed by atoms with Crippen LogP contribution in [-0.4, -0.2) is 35.7 Å². The van der Waals surface area contributed by atoms with Crippen LogP contribution in [0.4, 0.5) is 0 Å². The van der Waals surface area contributed by atoms with Crippen LogP contribution in [0.3, 0.4) is 0 Å². The van der Waals surface area contributed by atoms with Crippen molar-refractivity contribution in [3.8, 4) is 0 Å². The van der Waals surface area contributed by atoms with Gasteiger partial charge in [-0.3, -0.25) is 4.68 Å². The molecule has 1 fully saturated rings. The van der Waals surface area contributed by atoms with Crippen LogP contribution in [0, 0.1) is 13.8 Å². The van der Waals surface area contributed by atoms with Crippen molar-refractivity contribution in [1.29, 1.82) is 0 Å². The number of sulfone groups is 1. The first kappa shape index (κ1) is 15.5. The maximum atomic E-state index is 11.5. The third-order valence-electron chi connectivity index (χ3n) is 3.94. The molecular formula is C14H25N3O2S. The molecule has 1 heterocycles. The average Bonchev–Trinajstić information content (AvgIpc) is 3.17. The number of aryl methyl sites for hydroxylation is 2. The number of hydrogen-bond donors (Lipinski definition) is 1. The lowest BCUT2D eigenvalue weighted by atomic mass is 10.2. The number of nitrogens with zero attached hydrogens (tertiary/aromatic N) is 2. The second kappa shape index (κ2) is 6.26. The summed E-state index contributed by atoms with van der Waals surface area (Å²) in [5.41, 5.74) is 3.47. The van der Waals surface area contributed by atoms with Crippen LogP contribution in [0.1, 0.15) is 43.1 Å². The van der Waals surface area contributed by atoms with E-state index in [1.54, 1.807) is 6.92 Å². The van der Waals surface area contributed by atoms with E-state index in [0.29, 0.717) is 19.0 Å². The number of rotatable bonds is 8. The Morgan fingerprint density at radius 3 is 2.65 bits per heavy atom. The molecule has 1 aromatic heterocycles. The van der Waals surface area contributed by atoms with Gasteiger partial charge in [0.15, 0.2) is 0 Å². The van der Waals surface area contributed by atoms with Crippen molar-refractivity contribution >= 4 is 9.84 Å². The van der Waals surface area contributed by atoms with Crippen LogP contribution in [-0.2, 0) is 22.9 Å². The summed E-state index contributed by atoms with van der Waals surface area (Å²) in [5, 5.41) is 8.04. The quantitative estimate of drug-likeness (QED) is 0.791. The molecule has 20 heavy (non-hydrogen) atoms. The van der Waals surface area contributed by atoms with Crippen molar-refractivity contribution in [1.82, 2.24) is 15.1 Å². The number of hydrogen-bond acceptors (Lipinski definition) is 4. The van der Waals surface area contributed by atoms with Gasteiger partial charge in [-0.05, 0) is 33.1 Å². The molecule has 5 nitrogen and oxygen atoms in total. The van der Waals surface area contributed by atoms with Crippen molar-refractivity contribution in [3.05, 3.63) is 17.0 Å². The molecule has 1 saturated carbocycles. The van der Waals surface area contributed by atoms with Crippen LogP contribution in [0.15, 0.2) is 0 Å². The Labute approximate surface area is 121 Å². The van der Waals surface area contributed by atoms with Gasteiger partial charge in [0.1, 0.15) is 9.84 Å². The monoisotopic (exact) mass is 299 g/mol. The number of nitrogens with one attached hydrogen (secondary N) is 1. The zero-order valence-electron chi connectivity index (χ0n) is 12.6. The minimum absolute atomic E-state index is 0.223. The topological polar surface area (TPSA) is 64.0 Å². The van der Waals surface area contributed by atoms with E-state index in [2.05, 4.69) is 17.3 Å². The molecule has 2 rings (SSSR count). The maximum Gasteiger partial charge on any atom is 0.150 e. The zero-order valence-corrected chi connectivity index (χ0v) is 13.5. The summed E-state index contributed by atoms with van der Waals surface area (Å²) in [6, 6.07) is 0.687. The van der Waals surface area contributed by atoms with E-state index >= 15 is 0 Å². The summed E-state index contributed by atoms with van der Waals surface area (Å²) in [4.78, 5) is 0. The Bertz CT molecular complexity index is 559. The van der Waals surface area contributed by atoms with Crippen LogP contribution < -0.4 is 5.32 Å². The second-order valence-corrected chi connectivity index (χ2v) is 8.09. The normalized spacial score (nSPS) is 15.8. The molecule has 0 saturated heterocycles. The molecule has 0 unspecified atom stereocenters. The van der Waals surface area contributed by atoms with Gasteiger partial charge in [-0.2, -0.15) is 5.10 Å². The van der Waals surface area contributed by atoms with Crippen LogP contribution in [0.25, 0.3) is 0 Å². The Kier molecular flexibility index (Phi) is 4.86. The first-order valence-electron chi connectivity index (χ1n) is 7.39. The largest absolute Gasteiger partial charge is 0.310 e. The molecule has 0 atom stereocenters. The highest BCUT2D eigenvalue weighted by molar-refractivity contribution is 7.91. The van der Waals surface area contributed by atoms with Crippen LogP contribution >= 0.6 is 0 Å². The molecule has 6 heteroatoms. The van der Waals surface area contributed by atoms with Crippen molar-refractivity contribution in [2.45, 2.75) is 59.2 Å². The lowest BCUT2D eigenvalue weighted by Gasteiger charge is -2.06.